The number of benzene rings is 2. The van der Waals surface area contributed by atoms with Crippen LogP contribution in [0.1, 0.15) is 43.3 Å². The molecule has 1 N–H and O–H groups in total. The molecule has 1 aromatic heterocycles. The van der Waals surface area contributed by atoms with Crippen LogP contribution in [0.25, 0.3) is 0 Å². The maximum Gasteiger partial charge on any atom is 0.345 e. The molecule has 3 rings (SSSR count). The monoisotopic (exact) mass is 535 g/mol. The molecule has 35 heavy (non-hydrogen) atoms. The van der Waals surface area contributed by atoms with Crippen LogP contribution in [0.3, 0.4) is 0 Å². The van der Waals surface area contributed by atoms with Gasteiger partial charge in [-0.05, 0) is 67.6 Å². The van der Waals surface area contributed by atoms with Gasteiger partial charge in [-0.1, -0.05) is 35.9 Å². The molecule has 0 saturated heterocycles. The van der Waals surface area contributed by atoms with Gasteiger partial charge in [0.05, 0.1) is 17.6 Å². The van der Waals surface area contributed by atoms with Crippen LogP contribution in [0.2, 0.25) is 5.02 Å². The third-order valence-electron chi connectivity index (χ3n) is 5.38. The summed E-state index contributed by atoms with van der Waals surface area (Å²) in [5, 5.41) is 9.74. The number of carboxylic acids is 1. The van der Waals surface area contributed by atoms with Gasteiger partial charge in [0.1, 0.15) is 4.88 Å². The molecule has 186 valence electrons. The van der Waals surface area contributed by atoms with E-state index in [1.54, 1.807) is 30.3 Å². The lowest BCUT2D eigenvalue weighted by atomic mass is 10.1. The van der Waals surface area contributed by atoms with Gasteiger partial charge >= 0.3 is 11.9 Å². The fourth-order valence-corrected chi connectivity index (χ4v) is 6.47. The SMILES string of the molecule is COC(=O)c1ccccc1S(=O)(=O)N(CCCc1cccc(Cl)c1)CCCc1ccc(C(=O)O)s1. The van der Waals surface area contributed by atoms with Crippen LogP contribution in [0.15, 0.2) is 65.6 Å². The summed E-state index contributed by atoms with van der Waals surface area (Å²) in [6, 6.07) is 16.7. The number of halogens is 1. The summed E-state index contributed by atoms with van der Waals surface area (Å²) in [4.78, 5) is 24.4. The lowest BCUT2D eigenvalue weighted by Gasteiger charge is -2.23. The number of hydrogen-bond donors (Lipinski definition) is 1. The van der Waals surface area contributed by atoms with Gasteiger partial charge in [0.15, 0.2) is 0 Å². The predicted molar refractivity (Wildman–Crippen MR) is 136 cm³/mol. The number of esters is 1. The highest BCUT2D eigenvalue weighted by Gasteiger charge is 2.29. The zero-order valence-corrected chi connectivity index (χ0v) is 21.5. The highest BCUT2D eigenvalue weighted by Crippen LogP contribution is 2.24. The van der Waals surface area contributed by atoms with E-state index in [0.29, 0.717) is 30.7 Å². The van der Waals surface area contributed by atoms with Crippen molar-refractivity contribution in [2.45, 2.75) is 30.6 Å². The number of methoxy groups -OCH3 is 1. The Morgan fingerprint density at radius 2 is 1.71 bits per heavy atom. The van der Waals surface area contributed by atoms with Crippen molar-refractivity contribution in [3.8, 4) is 0 Å². The second-order valence-electron chi connectivity index (χ2n) is 7.80. The zero-order valence-electron chi connectivity index (χ0n) is 19.1. The van der Waals surface area contributed by atoms with Crippen molar-refractivity contribution >= 4 is 44.9 Å². The minimum atomic E-state index is -4.00. The van der Waals surface area contributed by atoms with E-state index in [4.69, 9.17) is 21.4 Å². The molecule has 0 unspecified atom stereocenters. The summed E-state index contributed by atoms with van der Waals surface area (Å²) in [6.07, 6.45) is 2.23. The van der Waals surface area contributed by atoms with Crippen molar-refractivity contribution in [2.24, 2.45) is 0 Å². The Morgan fingerprint density at radius 3 is 2.37 bits per heavy atom. The van der Waals surface area contributed by atoms with E-state index in [0.717, 1.165) is 10.4 Å². The Balaban J connectivity index is 1.79. The normalized spacial score (nSPS) is 11.5. The number of aromatic carboxylic acids is 1. The van der Waals surface area contributed by atoms with Crippen LogP contribution < -0.4 is 0 Å². The minimum absolute atomic E-state index is 0.0146. The molecule has 0 amide bonds. The minimum Gasteiger partial charge on any atom is -0.477 e. The van der Waals surface area contributed by atoms with Crippen molar-refractivity contribution in [1.29, 1.82) is 0 Å². The Morgan fingerprint density at radius 1 is 1.00 bits per heavy atom. The number of hydrogen-bond acceptors (Lipinski definition) is 6. The molecule has 0 atom stereocenters. The summed E-state index contributed by atoms with van der Waals surface area (Å²) in [7, 11) is -2.79. The van der Waals surface area contributed by atoms with E-state index in [-0.39, 0.29) is 28.4 Å². The quantitative estimate of drug-likeness (QED) is 0.322. The third kappa shape index (κ3) is 7.14. The maximum atomic E-state index is 13.6. The predicted octanol–water partition coefficient (Wildman–Crippen LogP) is 5.14. The Labute approximate surface area is 214 Å². The molecule has 0 fully saturated rings. The van der Waals surface area contributed by atoms with Gasteiger partial charge in [0.2, 0.25) is 10.0 Å². The molecular weight excluding hydrogens is 510 g/mol. The molecular formula is C25H26ClNO6S2. The summed E-state index contributed by atoms with van der Waals surface area (Å²) < 4.78 is 33.4. The van der Waals surface area contributed by atoms with Crippen molar-refractivity contribution < 1.29 is 27.9 Å². The Bertz CT molecular complexity index is 1290. The summed E-state index contributed by atoms with van der Waals surface area (Å²) in [6.45, 7) is 0.461. The van der Waals surface area contributed by atoms with Crippen LogP contribution in [0.5, 0.6) is 0 Å². The standard InChI is InChI=1S/C25H26ClNO6S2/c1-33-25(30)21-11-2-3-12-23(21)35(31,32)27(15-5-8-18-7-4-9-19(26)17-18)16-6-10-20-13-14-22(34-20)24(28)29/h2-4,7,9,11-14,17H,5-6,8,10,15-16H2,1H3,(H,28,29). The number of carbonyl (C=O) groups excluding carboxylic acids is 1. The Hall–Kier alpha value is -2.72. The molecule has 0 aliphatic carbocycles. The average molecular weight is 536 g/mol. The lowest BCUT2D eigenvalue weighted by Crippen LogP contribution is -2.34. The first-order chi connectivity index (χ1) is 16.7. The third-order valence-corrected chi connectivity index (χ3v) is 8.70. The second kappa shape index (κ2) is 12.3. The largest absolute Gasteiger partial charge is 0.477 e. The molecule has 0 radical (unpaired) electrons. The number of thiophene rings is 1. The van der Waals surface area contributed by atoms with Crippen molar-refractivity contribution in [3.63, 3.8) is 0 Å². The lowest BCUT2D eigenvalue weighted by molar-refractivity contribution is 0.0595. The van der Waals surface area contributed by atoms with Gasteiger partial charge in [-0.2, -0.15) is 4.31 Å². The fraction of sp³-hybridized carbons (Fsp3) is 0.280. The molecule has 2 aromatic carbocycles. The molecule has 3 aromatic rings. The zero-order chi connectivity index (χ0) is 25.4. The first-order valence-electron chi connectivity index (χ1n) is 11.0. The van der Waals surface area contributed by atoms with E-state index in [9.17, 15) is 18.0 Å². The molecule has 0 aliphatic heterocycles. The molecule has 0 aliphatic rings. The average Bonchev–Trinajstić information content (AvgIpc) is 3.32. The topological polar surface area (TPSA) is 101 Å². The molecule has 0 spiro atoms. The number of sulfonamides is 1. The van der Waals surface area contributed by atoms with E-state index >= 15 is 0 Å². The summed E-state index contributed by atoms with van der Waals surface area (Å²) in [5.74, 6) is -1.70. The van der Waals surface area contributed by atoms with Gasteiger partial charge in [-0.25, -0.2) is 18.0 Å². The van der Waals surface area contributed by atoms with Gasteiger partial charge < -0.3 is 9.84 Å². The molecule has 0 saturated carbocycles. The fourth-order valence-electron chi connectivity index (χ4n) is 3.67. The van der Waals surface area contributed by atoms with Crippen LogP contribution in [-0.2, 0) is 27.6 Å². The van der Waals surface area contributed by atoms with Crippen LogP contribution in [-0.4, -0.2) is 50.0 Å². The summed E-state index contributed by atoms with van der Waals surface area (Å²) in [5.41, 5.74) is 0.990. The molecule has 10 heteroatoms. The number of aryl methyl sites for hydroxylation is 2. The number of rotatable bonds is 12. The van der Waals surface area contributed by atoms with E-state index in [2.05, 4.69) is 0 Å². The molecule has 7 nitrogen and oxygen atoms in total. The van der Waals surface area contributed by atoms with Gasteiger partial charge in [0, 0.05) is 23.0 Å². The van der Waals surface area contributed by atoms with Gasteiger partial charge in [-0.15, -0.1) is 11.3 Å². The van der Waals surface area contributed by atoms with Crippen molar-refractivity contribution in [1.82, 2.24) is 4.31 Å². The highest BCUT2D eigenvalue weighted by molar-refractivity contribution is 7.89. The highest BCUT2D eigenvalue weighted by atomic mass is 35.5. The maximum absolute atomic E-state index is 13.6. The number of nitrogens with zero attached hydrogens (tertiary/aromatic N) is 1. The smallest absolute Gasteiger partial charge is 0.345 e. The second-order valence-corrected chi connectivity index (χ2v) is 11.3. The van der Waals surface area contributed by atoms with Crippen molar-refractivity contribution in [3.05, 3.63) is 86.6 Å². The van der Waals surface area contributed by atoms with E-state index < -0.39 is 22.0 Å². The first kappa shape index (κ1) is 26.9. The first-order valence-corrected chi connectivity index (χ1v) is 13.6. The Kier molecular flexibility index (Phi) is 9.45. The van der Waals surface area contributed by atoms with Gasteiger partial charge in [-0.3, -0.25) is 0 Å². The number of ether oxygens (including phenoxy) is 1. The summed E-state index contributed by atoms with van der Waals surface area (Å²) >= 11 is 7.24. The number of carbonyl (C=O) groups is 2. The van der Waals surface area contributed by atoms with Crippen LogP contribution >= 0.6 is 22.9 Å². The van der Waals surface area contributed by atoms with Crippen LogP contribution in [0.4, 0.5) is 0 Å². The van der Waals surface area contributed by atoms with Crippen molar-refractivity contribution in [2.75, 3.05) is 20.2 Å². The van der Waals surface area contributed by atoms with Crippen LogP contribution in [0, 0.1) is 0 Å². The van der Waals surface area contributed by atoms with E-state index in [1.807, 2.05) is 18.2 Å². The molecule has 0 bridgehead atoms. The van der Waals surface area contributed by atoms with Gasteiger partial charge in [0.25, 0.3) is 0 Å². The van der Waals surface area contributed by atoms with E-state index in [1.165, 1.54) is 34.9 Å². The molecule has 1 heterocycles. The number of carboxylic acid groups (broad SMARTS) is 1.